The van der Waals surface area contributed by atoms with Crippen LogP contribution >= 0.6 is 24.0 Å². The van der Waals surface area contributed by atoms with E-state index in [0.29, 0.717) is 13.1 Å². The maximum atomic E-state index is 12.7. The third-order valence-electron chi connectivity index (χ3n) is 6.40. The molecule has 180 valence electrons. The molecule has 2 aliphatic rings. The summed E-state index contributed by atoms with van der Waals surface area (Å²) in [6, 6.07) is 8.44. The number of aliphatic imine (C=N–C) groups is 1. The number of rotatable bonds is 6. The summed E-state index contributed by atoms with van der Waals surface area (Å²) in [5.41, 5.74) is 2.39. The Morgan fingerprint density at radius 3 is 2.48 bits per heavy atom. The van der Waals surface area contributed by atoms with Gasteiger partial charge in [0.15, 0.2) is 5.96 Å². The maximum absolute atomic E-state index is 12.7. The van der Waals surface area contributed by atoms with Crippen LogP contribution in [0, 0.1) is 0 Å². The summed E-state index contributed by atoms with van der Waals surface area (Å²) < 4.78 is 1.82. The van der Waals surface area contributed by atoms with Gasteiger partial charge in [-0.3, -0.25) is 14.7 Å². The fourth-order valence-electron chi connectivity index (χ4n) is 4.53. The Morgan fingerprint density at radius 1 is 1.09 bits per heavy atom. The van der Waals surface area contributed by atoms with Crippen LogP contribution in [0.4, 0.5) is 0 Å². The smallest absolute Gasteiger partial charge is 0.239 e. The second-order valence-corrected chi connectivity index (χ2v) is 8.55. The van der Waals surface area contributed by atoms with E-state index in [2.05, 4.69) is 61.4 Å². The Morgan fingerprint density at radius 2 is 1.82 bits per heavy atom. The highest BCUT2D eigenvalue weighted by Crippen LogP contribution is 2.14. The summed E-state index contributed by atoms with van der Waals surface area (Å²) in [6.07, 6.45) is 5.55. The third-order valence-corrected chi connectivity index (χ3v) is 6.40. The number of nitrogens with one attached hydrogen (secondary N) is 1. The lowest BCUT2D eigenvalue weighted by Gasteiger charge is -2.39. The predicted octanol–water partition coefficient (Wildman–Crippen LogP) is 1.65. The molecule has 2 aromatic rings. The zero-order valence-corrected chi connectivity index (χ0v) is 21.9. The SMILES string of the molecule is CN=C(NCc1cccc(Cn2cncn2)c1)N1CCN(C(C)C(=O)N2CCCC2)CC1.I. The first kappa shape index (κ1) is 25.4. The fraction of sp³-hybridized carbons (Fsp3) is 0.565. The van der Waals surface area contributed by atoms with Crippen molar-refractivity contribution >= 4 is 35.8 Å². The van der Waals surface area contributed by atoms with E-state index in [1.165, 1.54) is 11.1 Å². The molecule has 1 unspecified atom stereocenters. The van der Waals surface area contributed by atoms with E-state index < -0.39 is 0 Å². The molecule has 1 atom stereocenters. The summed E-state index contributed by atoms with van der Waals surface area (Å²) in [4.78, 5) is 27.8. The highest BCUT2D eigenvalue weighted by Gasteiger charge is 2.30. The third kappa shape index (κ3) is 6.66. The first-order chi connectivity index (χ1) is 15.6. The van der Waals surface area contributed by atoms with E-state index in [0.717, 1.165) is 58.1 Å². The second-order valence-electron chi connectivity index (χ2n) is 8.55. The van der Waals surface area contributed by atoms with Crippen molar-refractivity contribution in [2.45, 2.75) is 38.9 Å². The Labute approximate surface area is 213 Å². The van der Waals surface area contributed by atoms with Crippen LogP contribution in [-0.2, 0) is 17.9 Å². The topological polar surface area (TPSA) is 81.9 Å². The van der Waals surface area contributed by atoms with E-state index in [1.54, 1.807) is 12.7 Å². The molecule has 4 rings (SSSR count). The van der Waals surface area contributed by atoms with Crippen molar-refractivity contribution in [3.63, 3.8) is 0 Å². The summed E-state index contributed by atoms with van der Waals surface area (Å²) in [6.45, 7) is 8.77. The van der Waals surface area contributed by atoms with Gasteiger partial charge in [0.2, 0.25) is 5.91 Å². The van der Waals surface area contributed by atoms with Crippen LogP contribution < -0.4 is 5.32 Å². The van der Waals surface area contributed by atoms with Crippen molar-refractivity contribution in [1.29, 1.82) is 0 Å². The van der Waals surface area contributed by atoms with E-state index >= 15 is 0 Å². The molecule has 2 fully saturated rings. The average molecular weight is 566 g/mol. The van der Waals surface area contributed by atoms with E-state index in [1.807, 2.05) is 16.6 Å². The molecule has 0 bridgehead atoms. The number of benzene rings is 1. The van der Waals surface area contributed by atoms with Crippen molar-refractivity contribution in [2.24, 2.45) is 4.99 Å². The largest absolute Gasteiger partial charge is 0.352 e. The lowest BCUT2D eigenvalue weighted by atomic mass is 10.1. The molecular formula is C23H35IN8O. The lowest BCUT2D eigenvalue weighted by Crippen LogP contribution is -2.57. The number of halogens is 1. The highest BCUT2D eigenvalue weighted by atomic mass is 127. The van der Waals surface area contributed by atoms with Gasteiger partial charge in [0.05, 0.1) is 12.6 Å². The molecule has 9 nitrogen and oxygen atoms in total. The molecular weight excluding hydrogens is 531 g/mol. The number of piperazine rings is 1. The lowest BCUT2D eigenvalue weighted by molar-refractivity contribution is -0.135. The molecule has 33 heavy (non-hydrogen) atoms. The maximum Gasteiger partial charge on any atom is 0.239 e. The highest BCUT2D eigenvalue weighted by molar-refractivity contribution is 14.0. The minimum Gasteiger partial charge on any atom is -0.352 e. The molecule has 0 aliphatic carbocycles. The van der Waals surface area contributed by atoms with Crippen molar-refractivity contribution in [1.82, 2.24) is 34.8 Å². The number of carbonyl (C=O) groups is 1. The quantitative estimate of drug-likeness (QED) is 0.326. The van der Waals surface area contributed by atoms with Crippen molar-refractivity contribution in [2.75, 3.05) is 46.3 Å². The zero-order valence-electron chi connectivity index (χ0n) is 19.6. The molecule has 2 saturated heterocycles. The molecule has 1 aromatic heterocycles. The molecule has 1 aromatic carbocycles. The normalized spacial score (nSPS) is 18.2. The van der Waals surface area contributed by atoms with Crippen LogP contribution in [-0.4, -0.2) is 93.7 Å². The summed E-state index contributed by atoms with van der Waals surface area (Å²) >= 11 is 0. The number of hydrogen-bond acceptors (Lipinski definition) is 5. The number of hydrogen-bond donors (Lipinski definition) is 1. The molecule has 1 amide bonds. The summed E-state index contributed by atoms with van der Waals surface area (Å²) in [7, 11) is 1.83. The first-order valence-corrected chi connectivity index (χ1v) is 11.5. The van der Waals surface area contributed by atoms with Gasteiger partial charge in [-0.1, -0.05) is 24.3 Å². The number of nitrogens with zero attached hydrogens (tertiary/aromatic N) is 7. The van der Waals surface area contributed by atoms with Gasteiger partial charge < -0.3 is 15.1 Å². The van der Waals surface area contributed by atoms with Crippen LogP contribution in [0.5, 0.6) is 0 Å². The van der Waals surface area contributed by atoms with E-state index in [9.17, 15) is 4.79 Å². The van der Waals surface area contributed by atoms with E-state index in [4.69, 9.17) is 0 Å². The average Bonchev–Trinajstić information content (AvgIpc) is 3.54. The molecule has 3 heterocycles. The van der Waals surface area contributed by atoms with Crippen LogP contribution in [0.15, 0.2) is 41.9 Å². The van der Waals surface area contributed by atoms with Gasteiger partial charge >= 0.3 is 0 Å². The van der Waals surface area contributed by atoms with Crippen LogP contribution in [0.3, 0.4) is 0 Å². The Bertz CT molecular complexity index is 905. The second kappa shape index (κ2) is 12.3. The molecule has 0 radical (unpaired) electrons. The monoisotopic (exact) mass is 566 g/mol. The minimum absolute atomic E-state index is 0. The van der Waals surface area contributed by atoms with Gasteiger partial charge in [-0.25, -0.2) is 9.67 Å². The van der Waals surface area contributed by atoms with Gasteiger partial charge in [-0.15, -0.1) is 24.0 Å². The molecule has 0 saturated carbocycles. The Kier molecular flexibility index (Phi) is 9.48. The van der Waals surface area contributed by atoms with Gasteiger partial charge in [-0.05, 0) is 30.9 Å². The minimum atomic E-state index is -0.0436. The van der Waals surface area contributed by atoms with Crippen molar-refractivity contribution < 1.29 is 4.79 Å². The fourth-order valence-corrected chi connectivity index (χ4v) is 4.53. The number of likely N-dealkylation sites (tertiary alicyclic amines) is 1. The van der Waals surface area contributed by atoms with Gasteiger partial charge in [0.1, 0.15) is 12.7 Å². The van der Waals surface area contributed by atoms with E-state index in [-0.39, 0.29) is 35.9 Å². The number of guanidine groups is 1. The van der Waals surface area contributed by atoms with Crippen molar-refractivity contribution in [3.05, 3.63) is 48.0 Å². The summed E-state index contributed by atoms with van der Waals surface area (Å²) in [5.74, 6) is 1.19. The zero-order chi connectivity index (χ0) is 22.3. The van der Waals surface area contributed by atoms with Gasteiger partial charge in [-0.2, -0.15) is 5.10 Å². The Balaban J connectivity index is 0.00000306. The van der Waals surface area contributed by atoms with Crippen molar-refractivity contribution in [3.8, 4) is 0 Å². The van der Waals surface area contributed by atoms with Gasteiger partial charge in [0, 0.05) is 52.9 Å². The van der Waals surface area contributed by atoms with Gasteiger partial charge in [0.25, 0.3) is 0 Å². The number of carbonyl (C=O) groups excluding carboxylic acids is 1. The molecule has 0 spiro atoms. The molecule has 2 aliphatic heterocycles. The molecule has 10 heteroatoms. The Hall–Kier alpha value is -2.21. The number of amides is 1. The first-order valence-electron chi connectivity index (χ1n) is 11.5. The molecule has 1 N–H and O–H groups in total. The summed E-state index contributed by atoms with van der Waals surface area (Å²) in [5, 5.41) is 7.68. The number of aromatic nitrogens is 3. The van der Waals surface area contributed by atoms with Crippen LogP contribution in [0.1, 0.15) is 30.9 Å². The van der Waals surface area contributed by atoms with Crippen LogP contribution in [0.2, 0.25) is 0 Å². The predicted molar refractivity (Wildman–Crippen MR) is 140 cm³/mol. The van der Waals surface area contributed by atoms with Crippen LogP contribution in [0.25, 0.3) is 0 Å². The standard InChI is InChI=1S/C23H34N8O.HI/c1-19(22(32)29-8-3-4-9-29)28-10-12-30(13-11-28)23(24-2)26-15-20-6-5-7-21(14-20)16-31-18-25-17-27-31;/h5-7,14,17-19H,3-4,8-13,15-16H2,1-2H3,(H,24,26);1H.